The third kappa shape index (κ3) is 5.49. The van der Waals surface area contributed by atoms with Crippen LogP contribution in [0.4, 0.5) is 0 Å². The van der Waals surface area contributed by atoms with Crippen LogP contribution in [0.5, 0.6) is 0 Å². The fraction of sp³-hybridized carbons (Fsp3) is 0.200. The molecule has 0 heterocycles. The van der Waals surface area contributed by atoms with Crippen molar-refractivity contribution >= 4 is 11.9 Å². The molecule has 90 valence electrons. The smallest absolute Gasteiger partial charge is 0.335 e. The van der Waals surface area contributed by atoms with Gasteiger partial charge in [-0.25, -0.2) is 9.59 Å². The van der Waals surface area contributed by atoms with Gasteiger partial charge in [0.05, 0.1) is 11.1 Å². The van der Waals surface area contributed by atoms with Crippen molar-refractivity contribution in [3.05, 3.63) is 35.4 Å². The average Bonchev–Trinajstić information content (AvgIpc) is 2.29. The van der Waals surface area contributed by atoms with Crippen molar-refractivity contribution in [2.75, 3.05) is 12.7 Å². The maximum Gasteiger partial charge on any atom is 0.335 e. The molecule has 0 aromatic heterocycles. The van der Waals surface area contributed by atoms with Crippen LogP contribution in [-0.4, -0.2) is 34.8 Å². The van der Waals surface area contributed by atoms with Gasteiger partial charge in [-0.05, 0) is 18.2 Å². The topological polar surface area (TPSA) is 83.8 Å². The molecule has 0 aliphatic heterocycles. The monoisotopic (exact) mass is 270 g/mol. The van der Waals surface area contributed by atoms with Gasteiger partial charge in [0, 0.05) is 0 Å². The van der Waals surface area contributed by atoms with E-state index in [2.05, 4.69) is 20.5 Å². The summed E-state index contributed by atoms with van der Waals surface area (Å²) in [7, 11) is 1.60. The van der Waals surface area contributed by atoms with Crippen molar-refractivity contribution in [1.82, 2.24) is 0 Å². The molecule has 5 nitrogen and oxygen atoms in total. The van der Waals surface area contributed by atoms with E-state index in [-0.39, 0.29) is 11.1 Å². The summed E-state index contributed by atoms with van der Waals surface area (Å²) in [6.45, 7) is 0. The third-order valence-corrected chi connectivity index (χ3v) is 1.75. The maximum atomic E-state index is 10.4. The van der Waals surface area contributed by atoms with Gasteiger partial charge in [0.1, 0.15) is 0 Å². The van der Waals surface area contributed by atoms with Gasteiger partial charge in [0.25, 0.3) is 0 Å². The van der Waals surface area contributed by atoms with Crippen molar-refractivity contribution in [3.63, 3.8) is 0 Å². The first-order valence-corrected chi connectivity index (χ1v) is 4.85. The number of methoxy groups -OCH3 is 1. The molecular weight excluding hydrogens is 259 g/mol. The van der Waals surface area contributed by atoms with Gasteiger partial charge in [-0.3, -0.25) is 0 Å². The van der Waals surface area contributed by atoms with Gasteiger partial charge < -0.3 is 10.2 Å². The predicted octanol–water partition coefficient (Wildman–Crippen LogP) is 1.22. The van der Waals surface area contributed by atoms with Crippen molar-refractivity contribution in [3.8, 4) is 0 Å². The van der Waals surface area contributed by atoms with Crippen LogP contribution in [0.3, 0.4) is 0 Å². The van der Waals surface area contributed by atoms with Crippen LogP contribution in [0.2, 0.25) is 0 Å². The first kappa shape index (κ1) is 14.6. The molecule has 1 aromatic carbocycles. The van der Waals surface area contributed by atoms with Crippen LogP contribution >= 0.6 is 0 Å². The molecule has 0 fully saturated rings. The second-order valence-electron chi connectivity index (χ2n) is 2.58. The van der Waals surface area contributed by atoms with E-state index in [4.69, 9.17) is 10.2 Å². The van der Waals surface area contributed by atoms with Crippen LogP contribution in [-0.2, 0) is 20.5 Å². The number of carboxylic acids is 2. The molecule has 0 radical (unpaired) electrons. The Balaban J connectivity index is 0.000000487. The van der Waals surface area contributed by atoms with Gasteiger partial charge in [-0.1, -0.05) is 6.07 Å². The van der Waals surface area contributed by atoms with Crippen LogP contribution in [0, 0.1) is 0 Å². The molecule has 1 aromatic rings. The summed E-state index contributed by atoms with van der Waals surface area (Å²) in [6.07, 6.45) is 0. The third-order valence-electron chi connectivity index (χ3n) is 1.45. The Labute approximate surface area is 101 Å². The van der Waals surface area contributed by atoms with Gasteiger partial charge >= 0.3 is 45.1 Å². The number of hydrogen-bond acceptors (Lipinski definition) is 3. The van der Waals surface area contributed by atoms with E-state index >= 15 is 0 Å². The largest absolute Gasteiger partial charge is 0.478 e. The van der Waals surface area contributed by atoms with Crippen molar-refractivity contribution in [2.45, 2.75) is 0 Å². The molecule has 0 aliphatic carbocycles. The number of benzene rings is 1. The zero-order valence-corrected chi connectivity index (χ0v) is 9.51. The Kier molecular flexibility index (Phi) is 7.18. The average molecular weight is 270 g/mol. The first-order chi connectivity index (χ1) is 7.52. The normalized spacial score (nSPS) is 8.94. The van der Waals surface area contributed by atoms with Crippen molar-refractivity contribution in [1.29, 1.82) is 0 Å². The molecular formula is C10H11CoO5. The molecule has 0 saturated heterocycles. The van der Waals surface area contributed by atoms with E-state index in [9.17, 15) is 9.59 Å². The molecule has 0 bridgehead atoms. The Morgan fingerprint density at radius 2 is 1.62 bits per heavy atom. The maximum absolute atomic E-state index is 10.4. The van der Waals surface area contributed by atoms with E-state index in [0.717, 1.165) is 6.07 Å². The van der Waals surface area contributed by atoms with Gasteiger partial charge in [-0.2, -0.15) is 0 Å². The second kappa shape index (κ2) is 7.86. The summed E-state index contributed by atoms with van der Waals surface area (Å²) in [4.78, 5) is 20.8. The van der Waals surface area contributed by atoms with E-state index in [1.54, 1.807) is 7.11 Å². The Morgan fingerprint density at radius 3 is 1.88 bits per heavy atom. The van der Waals surface area contributed by atoms with E-state index in [0.29, 0.717) is 5.54 Å². The molecule has 0 amide bonds. The van der Waals surface area contributed by atoms with E-state index in [1.807, 2.05) is 0 Å². The summed E-state index contributed by atoms with van der Waals surface area (Å²) in [6, 6.07) is 5.20. The molecule has 0 aliphatic rings. The zero-order chi connectivity index (χ0) is 12.6. The molecule has 0 unspecified atom stereocenters. The Bertz CT molecular complexity index is 333. The zero-order valence-electron chi connectivity index (χ0n) is 8.47. The Hall–Kier alpha value is -1.37. The summed E-state index contributed by atoms with van der Waals surface area (Å²) < 4.78 is 4.40. The molecule has 1 rings (SSSR count). The number of carbonyl (C=O) groups is 2. The molecule has 0 saturated carbocycles. The SMILES string of the molecule is CO[CH2][Co].O=C(O)c1cccc(C(=O)O)c1. The van der Waals surface area contributed by atoms with Crippen LogP contribution in [0.25, 0.3) is 0 Å². The summed E-state index contributed by atoms with van der Waals surface area (Å²) >= 11 is 3.74. The standard InChI is InChI=1S/C8H6O4.C2H5O.Co/c9-7(10)5-2-1-3-6(4-5)8(11)12;1-3-2;/h1-4H,(H,9,10)(H,11,12);1H2,2H3;. The van der Waals surface area contributed by atoms with E-state index in [1.165, 1.54) is 18.2 Å². The minimum atomic E-state index is -1.13. The molecule has 2 N–H and O–H groups in total. The first-order valence-electron chi connectivity index (χ1n) is 4.11. The molecule has 0 atom stereocenters. The minimum Gasteiger partial charge on any atom is -0.478 e. The van der Waals surface area contributed by atoms with Crippen LogP contribution in [0.1, 0.15) is 20.7 Å². The fourth-order valence-electron chi connectivity index (χ4n) is 0.785. The second-order valence-corrected chi connectivity index (χ2v) is 2.88. The fourth-order valence-corrected chi connectivity index (χ4v) is 0.785. The van der Waals surface area contributed by atoms with Crippen molar-refractivity contribution in [2.24, 2.45) is 0 Å². The predicted molar refractivity (Wildman–Crippen MR) is 52.2 cm³/mol. The number of carboxylic acid groups (broad SMARTS) is 2. The van der Waals surface area contributed by atoms with Crippen LogP contribution < -0.4 is 0 Å². The summed E-state index contributed by atoms with van der Waals surface area (Å²) in [5.41, 5.74) is 0.470. The Morgan fingerprint density at radius 1 is 1.25 bits per heavy atom. The number of ether oxygens (including phenoxy) is 1. The minimum absolute atomic E-state index is 0.0186. The number of rotatable bonds is 3. The van der Waals surface area contributed by atoms with Crippen molar-refractivity contribution < 1.29 is 40.3 Å². The van der Waals surface area contributed by atoms with Crippen LogP contribution in [0.15, 0.2) is 24.3 Å². The molecule has 6 heteroatoms. The number of aromatic carboxylic acids is 2. The summed E-state index contributed by atoms with van der Waals surface area (Å²) in [5.74, 6) is -2.25. The van der Waals surface area contributed by atoms with E-state index < -0.39 is 11.9 Å². The van der Waals surface area contributed by atoms with Gasteiger partial charge in [0.2, 0.25) is 0 Å². The molecule has 16 heavy (non-hydrogen) atoms. The van der Waals surface area contributed by atoms with Gasteiger partial charge in [-0.15, -0.1) is 0 Å². The summed E-state index contributed by atoms with van der Waals surface area (Å²) in [5, 5.41) is 17.0. The molecule has 0 spiro atoms. The number of hydrogen-bond donors (Lipinski definition) is 2. The van der Waals surface area contributed by atoms with Gasteiger partial charge in [0.15, 0.2) is 0 Å². The quantitative estimate of drug-likeness (QED) is 0.862.